The van der Waals surface area contributed by atoms with Crippen molar-refractivity contribution in [3.63, 3.8) is 0 Å². The van der Waals surface area contributed by atoms with Crippen LogP contribution in [-0.2, 0) is 18.3 Å². The molecule has 0 aliphatic carbocycles. The fourth-order valence-electron chi connectivity index (χ4n) is 2.85. The van der Waals surface area contributed by atoms with Crippen molar-refractivity contribution in [2.24, 2.45) is 18.9 Å². The van der Waals surface area contributed by atoms with Crippen LogP contribution in [0, 0.1) is 11.8 Å². The minimum Gasteiger partial charge on any atom is -0.392 e. The summed E-state index contributed by atoms with van der Waals surface area (Å²) in [5.74, 6) is 1.76. The minimum atomic E-state index is -0.535. The smallest absolute Gasteiger partial charge is 0.225 e. The van der Waals surface area contributed by atoms with Crippen molar-refractivity contribution in [3.05, 3.63) is 18.2 Å². The largest absolute Gasteiger partial charge is 0.392 e. The third-order valence-electron chi connectivity index (χ3n) is 4.42. The monoisotopic (exact) mass is 293 g/mol. The maximum absolute atomic E-state index is 12.3. The Kier molecular flexibility index (Phi) is 5.39. The zero-order chi connectivity index (χ0) is 15.4. The molecule has 2 unspecified atom stereocenters. The van der Waals surface area contributed by atoms with E-state index >= 15 is 0 Å². The zero-order valence-electron chi connectivity index (χ0n) is 13.3. The Morgan fingerprint density at radius 3 is 2.90 bits per heavy atom. The molecule has 1 aliphatic rings. The summed E-state index contributed by atoms with van der Waals surface area (Å²) in [6.45, 7) is 5.49. The number of aryl methyl sites for hydroxylation is 1. The van der Waals surface area contributed by atoms with E-state index < -0.39 is 6.10 Å². The Morgan fingerprint density at radius 1 is 1.52 bits per heavy atom. The summed E-state index contributed by atoms with van der Waals surface area (Å²) in [6.07, 6.45) is 6.59. The van der Waals surface area contributed by atoms with Crippen LogP contribution in [-0.4, -0.2) is 44.7 Å². The summed E-state index contributed by atoms with van der Waals surface area (Å²) in [5, 5.41) is 9.88. The Balaban J connectivity index is 1.88. The molecule has 5 nitrogen and oxygen atoms in total. The first kappa shape index (κ1) is 16.0. The number of imidazole rings is 1. The Morgan fingerprint density at radius 2 is 2.29 bits per heavy atom. The number of hydrogen-bond acceptors (Lipinski definition) is 3. The van der Waals surface area contributed by atoms with Gasteiger partial charge in [0.2, 0.25) is 5.91 Å². The van der Waals surface area contributed by atoms with Crippen molar-refractivity contribution in [2.75, 3.05) is 13.1 Å². The Hall–Kier alpha value is -1.36. The van der Waals surface area contributed by atoms with Gasteiger partial charge in [0, 0.05) is 39.0 Å². The molecule has 0 radical (unpaired) electrons. The molecule has 2 atom stereocenters. The highest BCUT2D eigenvalue weighted by atomic mass is 16.3. The number of carbonyl (C=O) groups excluding carboxylic acids is 1. The Bertz CT molecular complexity index is 470. The molecule has 1 aliphatic heterocycles. The molecule has 2 heterocycles. The highest BCUT2D eigenvalue weighted by Crippen LogP contribution is 2.21. The van der Waals surface area contributed by atoms with Crippen LogP contribution in [0.4, 0.5) is 0 Å². The molecular weight excluding hydrogens is 266 g/mol. The number of piperidine rings is 1. The number of amides is 1. The van der Waals surface area contributed by atoms with Gasteiger partial charge in [-0.1, -0.05) is 13.8 Å². The number of aliphatic hydroxyl groups excluding tert-OH is 1. The van der Waals surface area contributed by atoms with E-state index in [-0.39, 0.29) is 18.2 Å². The van der Waals surface area contributed by atoms with E-state index in [0.29, 0.717) is 5.92 Å². The molecule has 1 saturated heterocycles. The van der Waals surface area contributed by atoms with Gasteiger partial charge in [0.1, 0.15) is 5.82 Å². The van der Waals surface area contributed by atoms with Crippen LogP contribution in [0.5, 0.6) is 0 Å². The fraction of sp³-hybridized carbons (Fsp3) is 0.750. The third kappa shape index (κ3) is 4.30. The summed E-state index contributed by atoms with van der Waals surface area (Å²) in [5.41, 5.74) is 0. The van der Waals surface area contributed by atoms with E-state index in [0.717, 1.165) is 38.2 Å². The van der Waals surface area contributed by atoms with Crippen molar-refractivity contribution in [2.45, 2.75) is 45.6 Å². The highest BCUT2D eigenvalue weighted by Gasteiger charge is 2.26. The van der Waals surface area contributed by atoms with Crippen molar-refractivity contribution in [1.29, 1.82) is 0 Å². The number of carbonyl (C=O) groups is 1. The molecule has 21 heavy (non-hydrogen) atoms. The summed E-state index contributed by atoms with van der Waals surface area (Å²) in [4.78, 5) is 18.6. The van der Waals surface area contributed by atoms with Crippen LogP contribution in [0.1, 0.15) is 38.9 Å². The molecule has 0 aromatic carbocycles. The van der Waals surface area contributed by atoms with Gasteiger partial charge in [0.25, 0.3) is 0 Å². The predicted molar refractivity (Wildman–Crippen MR) is 81.7 cm³/mol. The highest BCUT2D eigenvalue weighted by molar-refractivity contribution is 5.76. The van der Waals surface area contributed by atoms with Crippen LogP contribution < -0.4 is 0 Å². The van der Waals surface area contributed by atoms with E-state index in [1.165, 1.54) is 0 Å². The van der Waals surface area contributed by atoms with Crippen LogP contribution in [0.3, 0.4) is 0 Å². The van der Waals surface area contributed by atoms with Gasteiger partial charge in [-0.2, -0.15) is 0 Å². The second kappa shape index (κ2) is 7.07. The van der Waals surface area contributed by atoms with E-state index in [4.69, 9.17) is 0 Å². The number of aromatic nitrogens is 2. The average Bonchev–Trinajstić information content (AvgIpc) is 2.84. The first-order valence-corrected chi connectivity index (χ1v) is 7.89. The number of hydrogen-bond donors (Lipinski definition) is 1. The number of aliphatic hydroxyl groups is 1. The van der Waals surface area contributed by atoms with Crippen molar-refractivity contribution in [1.82, 2.24) is 14.5 Å². The second-order valence-corrected chi connectivity index (χ2v) is 6.52. The van der Waals surface area contributed by atoms with Gasteiger partial charge in [0.15, 0.2) is 0 Å². The van der Waals surface area contributed by atoms with Gasteiger partial charge < -0.3 is 14.6 Å². The number of rotatable bonds is 5. The van der Waals surface area contributed by atoms with E-state index in [1.807, 2.05) is 42.8 Å². The minimum absolute atomic E-state index is 0.0840. The molecule has 0 saturated carbocycles. The van der Waals surface area contributed by atoms with E-state index in [9.17, 15) is 9.90 Å². The van der Waals surface area contributed by atoms with E-state index in [2.05, 4.69) is 4.98 Å². The lowest BCUT2D eigenvalue weighted by molar-refractivity contribution is -0.135. The summed E-state index contributed by atoms with van der Waals surface area (Å²) in [7, 11) is 2.01. The molecule has 2 rings (SSSR count). The molecule has 0 bridgehead atoms. The van der Waals surface area contributed by atoms with Crippen molar-refractivity contribution < 1.29 is 9.90 Å². The average molecular weight is 293 g/mol. The molecule has 118 valence electrons. The molecule has 1 N–H and O–H groups in total. The molecule has 0 spiro atoms. The summed E-state index contributed by atoms with van der Waals surface area (Å²) in [6, 6.07) is 0. The van der Waals surface area contributed by atoms with E-state index in [1.54, 1.807) is 0 Å². The van der Waals surface area contributed by atoms with Gasteiger partial charge in [-0.15, -0.1) is 0 Å². The van der Waals surface area contributed by atoms with Crippen molar-refractivity contribution >= 4 is 5.91 Å². The zero-order valence-corrected chi connectivity index (χ0v) is 13.3. The first-order chi connectivity index (χ1) is 9.97. The standard InChI is InChI=1S/C16H27N3O2/c1-12(2)14(20)10-16(21)19-7-4-5-13(11-19)9-15-17-6-8-18(15)3/h6,8,12-14,20H,4-5,7,9-11H2,1-3H3. The number of nitrogens with zero attached hydrogens (tertiary/aromatic N) is 3. The number of likely N-dealkylation sites (tertiary alicyclic amines) is 1. The molecule has 1 aromatic rings. The Labute approximate surface area is 127 Å². The quantitative estimate of drug-likeness (QED) is 0.897. The van der Waals surface area contributed by atoms with Crippen LogP contribution in [0.15, 0.2) is 12.4 Å². The van der Waals surface area contributed by atoms with Crippen molar-refractivity contribution in [3.8, 4) is 0 Å². The van der Waals surface area contributed by atoms with Gasteiger partial charge in [0.05, 0.1) is 12.5 Å². The molecule has 5 heteroatoms. The SMILES string of the molecule is CC(C)C(O)CC(=O)N1CCCC(Cc2nccn2C)C1. The topological polar surface area (TPSA) is 58.4 Å². The van der Waals surface area contributed by atoms with Crippen LogP contribution in [0.2, 0.25) is 0 Å². The van der Waals surface area contributed by atoms with Crippen LogP contribution in [0.25, 0.3) is 0 Å². The lowest BCUT2D eigenvalue weighted by Gasteiger charge is -2.33. The van der Waals surface area contributed by atoms with Gasteiger partial charge >= 0.3 is 0 Å². The summed E-state index contributed by atoms with van der Waals surface area (Å²) < 4.78 is 2.04. The van der Waals surface area contributed by atoms with Gasteiger partial charge in [-0.3, -0.25) is 4.79 Å². The predicted octanol–water partition coefficient (Wildman–Crippen LogP) is 1.61. The second-order valence-electron chi connectivity index (χ2n) is 6.52. The maximum Gasteiger partial charge on any atom is 0.225 e. The normalized spacial score (nSPS) is 20.8. The lowest BCUT2D eigenvalue weighted by atomic mass is 9.93. The fourth-order valence-corrected chi connectivity index (χ4v) is 2.85. The molecule has 1 amide bonds. The third-order valence-corrected chi connectivity index (χ3v) is 4.42. The summed E-state index contributed by atoms with van der Waals surface area (Å²) >= 11 is 0. The molecule has 1 fully saturated rings. The van der Waals surface area contributed by atoms with Crippen LogP contribution >= 0.6 is 0 Å². The lowest BCUT2D eigenvalue weighted by Crippen LogP contribution is -2.42. The first-order valence-electron chi connectivity index (χ1n) is 7.89. The van der Waals surface area contributed by atoms with Gasteiger partial charge in [-0.25, -0.2) is 4.98 Å². The molecule has 1 aromatic heterocycles. The molecular formula is C16H27N3O2. The maximum atomic E-state index is 12.3. The van der Waals surface area contributed by atoms with Gasteiger partial charge in [-0.05, 0) is 24.7 Å².